The third-order valence-corrected chi connectivity index (χ3v) is 1.23. The molecule has 0 aromatic heterocycles. The molecule has 0 fully saturated rings. The number of carboxylic acids is 1. The van der Waals surface area contributed by atoms with Gasteiger partial charge in [-0.3, -0.25) is 0 Å². The Morgan fingerprint density at radius 2 is 1.94 bits per heavy atom. The van der Waals surface area contributed by atoms with E-state index in [1.807, 2.05) is 0 Å². The van der Waals surface area contributed by atoms with Gasteiger partial charge in [-0.2, -0.15) is 0 Å². The molecule has 0 unspecified atom stereocenters. The zero-order valence-corrected chi connectivity index (χ0v) is 9.17. The Bertz CT molecular complexity index is 219. The summed E-state index contributed by atoms with van der Waals surface area (Å²) in [5.41, 5.74) is 0.182. The highest BCUT2D eigenvalue weighted by Crippen LogP contribution is 1.91. The van der Waals surface area contributed by atoms with Crippen molar-refractivity contribution in [2.45, 2.75) is 13.0 Å². The van der Waals surface area contributed by atoms with Crippen LogP contribution in [0.15, 0.2) is 24.5 Å². The molecule has 0 atom stereocenters. The second kappa shape index (κ2) is 11.7. The van der Waals surface area contributed by atoms with Crippen molar-refractivity contribution in [3.63, 3.8) is 0 Å². The fourth-order valence-electron chi connectivity index (χ4n) is 0.349. The fourth-order valence-corrected chi connectivity index (χ4v) is 0.349. The van der Waals surface area contributed by atoms with Gasteiger partial charge in [-0.05, 0) is 6.92 Å². The highest BCUT2D eigenvalue weighted by molar-refractivity contribution is 5.85. The van der Waals surface area contributed by atoms with E-state index in [9.17, 15) is 4.79 Å². The molecule has 0 aromatic carbocycles. The van der Waals surface area contributed by atoms with Gasteiger partial charge in [0.25, 0.3) is 0 Å². The van der Waals surface area contributed by atoms with Gasteiger partial charge in [-0.15, -0.1) is 0 Å². The maximum absolute atomic E-state index is 10.1. The lowest BCUT2D eigenvalue weighted by atomic mass is 10.3. The second-order valence-corrected chi connectivity index (χ2v) is 2.75. The Morgan fingerprint density at radius 3 is 2.19 bits per heavy atom. The Balaban J connectivity index is 0. The SMILES string of the molecule is C=CCOC=C(C)C(=O)O.OCC(O)CO. The van der Waals surface area contributed by atoms with Crippen molar-refractivity contribution in [2.24, 2.45) is 0 Å². The van der Waals surface area contributed by atoms with E-state index in [4.69, 9.17) is 25.2 Å². The Labute approximate surface area is 94.1 Å². The van der Waals surface area contributed by atoms with Gasteiger partial charge >= 0.3 is 5.97 Å². The first-order valence-corrected chi connectivity index (χ1v) is 4.51. The lowest BCUT2D eigenvalue weighted by molar-refractivity contribution is -0.132. The van der Waals surface area contributed by atoms with Crippen molar-refractivity contribution < 1.29 is 30.0 Å². The number of carboxylic acid groups (broad SMARTS) is 1. The minimum Gasteiger partial charge on any atom is -0.497 e. The molecule has 6 heteroatoms. The Kier molecular flexibility index (Phi) is 12.5. The molecule has 16 heavy (non-hydrogen) atoms. The monoisotopic (exact) mass is 234 g/mol. The van der Waals surface area contributed by atoms with Gasteiger partial charge in [-0.25, -0.2) is 4.79 Å². The van der Waals surface area contributed by atoms with E-state index in [0.29, 0.717) is 6.61 Å². The zero-order chi connectivity index (χ0) is 13.0. The number of carbonyl (C=O) groups is 1. The number of hydrogen-bond donors (Lipinski definition) is 4. The number of aliphatic hydroxyl groups excluding tert-OH is 3. The molecule has 0 saturated carbocycles. The average molecular weight is 234 g/mol. The molecule has 0 aliphatic heterocycles. The van der Waals surface area contributed by atoms with Gasteiger partial charge in [0, 0.05) is 0 Å². The number of aliphatic hydroxyl groups is 3. The molecule has 6 nitrogen and oxygen atoms in total. The minimum absolute atomic E-state index is 0.182. The van der Waals surface area contributed by atoms with Crippen LogP contribution in [0.3, 0.4) is 0 Å². The van der Waals surface area contributed by atoms with Crippen LogP contribution >= 0.6 is 0 Å². The van der Waals surface area contributed by atoms with E-state index in [1.165, 1.54) is 13.2 Å². The molecule has 0 heterocycles. The fraction of sp³-hybridized carbons (Fsp3) is 0.500. The first kappa shape index (κ1) is 17.0. The Hall–Kier alpha value is -1.37. The summed E-state index contributed by atoms with van der Waals surface area (Å²) in [6.45, 7) is 4.47. The quantitative estimate of drug-likeness (QED) is 0.214. The van der Waals surface area contributed by atoms with E-state index in [0.717, 1.165) is 0 Å². The molecule has 4 N–H and O–H groups in total. The van der Waals surface area contributed by atoms with Crippen LogP contribution in [0.25, 0.3) is 0 Å². The van der Waals surface area contributed by atoms with Crippen LogP contribution in [0, 0.1) is 0 Å². The van der Waals surface area contributed by atoms with Crippen LogP contribution in [0.2, 0.25) is 0 Å². The van der Waals surface area contributed by atoms with Gasteiger partial charge in [0.05, 0.1) is 25.0 Å². The average Bonchev–Trinajstić information content (AvgIpc) is 2.28. The van der Waals surface area contributed by atoms with Gasteiger partial charge in [0.15, 0.2) is 0 Å². The third kappa shape index (κ3) is 12.6. The molecule has 0 aromatic rings. The summed E-state index contributed by atoms with van der Waals surface area (Å²) in [5, 5.41) is 32.3. The molecule has 94 valence electrons. The molecule has 0 aliphatic carbocycles. The van der Waals surface area contributed by atoms with E-state index in [2.05, 4.69) is 6.58 Å². The van der Waals surface area contributed by atoms with Crippen molar-refractivity contribution in [1.82, 2.24) is 0 Å². The smallest absolute Gasteiger partial charge is 0.334 e. The molecular weight excluding hydrogens is 216 g/mol. The van der Waals surface area contributed by atoms with E-state index in [1.54, 1.807) is 6.08 Å². The minimum atomic E-state index is -0.968. The molecule has 0 radical (unpaired) electrons. The number of ether oxygens (including phenoxy) is 1. The van der Waals surface area contributed by atoms with Gasteiger partial charge in [-0.1, -0.05) is 12.7 Å². The van der Waals surface area contributed by atoms with Crippen LogP contribution in [0.5, 0.6) is 0 Å². The number of rotatable bonds is 6. The van der Waals surface area contributed by atoms with Crippen molar-refractivity contribution in [3.8, 4) is 0 Å². The van der Waals surface area contributed by atoms with Crippen molar-refractivity contribution in [2.75, 3.05) is 19.8 Å². The summed E-state index contributed by atoms with van der Waals surface area (Å²) in [6.07, 6.45) is 1.79. The van der Waals surface area contributed by atoms with Crippen molar-refractivity contribution in [1.29, 1.82) is 0 Å². The molecule has 0 bridgehead atoms. The topological polar surface area (TPSA) is 107 Å². The molecule has 0 saturated heterocycles. The number of hydrogen-bond acceptors (Lipinski definition) is 5. The maximum Gasteiger partial charge on any atom is 0.334 e. The lowest BCUT2D eigenvalue weighted by Crippen LogP contribution is -2.15. The van der Waals surface area contributed by atoms with Crippen molar-refractivity contribution >= 4 is 5.97 Å². The zero-order valence-electron chi connectivity index (χ0n) is 9.17. The largest absolute Gasteiger partial charge is 0.497 e. The maximum atomic E-state index is 10.1. The summed E-state index contributed by atoms with van der Waals surface area (Å²) in [6, 6.07) is 0. The van der Waals surface area contributed by atoms with E-state index in [-0.39, 0.29) is 18.8 Å². The molecular formula is C10H18O6. The van der Waals surface area contributed by atoms with Crippen LogP contribution in [0.1, 0.15) is 6.92 Å². The van der Waals surface area contributed by atoms with Gasteiger partial charge in [0.1, 0.15) is 12.7 Å². The first-order valence-electron chi connectivity index (χ1n) is 4.51. The molecule has 0 spiro atoms. The van der Waals surface area contributed by atoms with Crippen LogP contribution in [-0.2, 0) is 9.53 Å². The Morgan fingerprint density at radius 1 is 1.44 bits per heavy atom. The van der Waals surface area contributed by atoms with E-state index < -0.39 is 12.1 Å². The highest BCUT2D eigenvalue weighted by Gasteiger charge is 1.97. The van der Waals surface area contributed by atoms with E-state index >= 15 is 0 Å². The van der Waals surface area contributed by atoms with Crippen molar-refractivity contribution in [3.05, 3.63) is 24.5 Å². The highest BCUT2D eigenvalue weighted by atomic mass is 16.5. The van der Waals surface area contributed by atoms with Crippen LogP contribution < -0.4 is 0 Å². The van der Waals surface area contributed by atoms with Crippen LogP contribution in [0.4, 0.5) is 0 Å². The summed E-state index contributed by atoms with van der Waals surface area (Å²) in [4.78, 5) is 10.1. The summed E-state index contributed by atoms with van der Waals surface area (Å²) >= 11 is 0. The summed E-state index contributed by atoms with van der Waals surface area (Å²) in [5.74, 6) is -0.968. The number of aliphatic carboxylic acids is 1. The predicted molar refractivity (Wildman–Crippen MR) is 57.7 cm³/mol. The van der Waals surface area contributed by atoms with Gasteiger partial charge < -0.3 is 25.2 Å². The summed E-state index contributed by atoms with van der Waals surface area (Å²) in [7, 11) is 0. The lowest BCUT2D eigenvalue weighted by Gasteiger charge is -1.96. The second-order valence-electron chi connectivity index (χ2n) is 2.75. The first-order chi connectivity index (χ1) is 7.49. The third-order valence-electron chi connectivity index (χ3n) is 1.23. The standard InChI is InChI=1S/C7H10O3.C3H8O3/c1-3-4-10-5-6(2)7(8)9;4-1-3(6)2-5/h3,5H,1,4H2,2H3,(H,8,9);3-6H,1-2H2. The molecule has 0 amide bonds. The molecule has 0 rings (SSSR count). The molecule has 0 aliphatic rings. The van der Waals surface area contributed by atoms with Crippen LogP contribution in [-0.4, -0.2) is 52.3 Å². The predicted octanol–water partition coefficient (Wildman–Crippen LogP) is -0.491. The normalized spacial score (nSPS) is 10.4. The van der Waals surface area contributed by atoms with Gasteiger partial charge in [0.2, 0.25) is 0 Å². The summed E-state index contributed by atoms with van der Waals surface area (Å²) < 4.78 is 4.74.